The van der Waals surface area contributed by atoms with Gasteiger partial charge in [-0.1, -0.05) is 34.1 Å². The summed E-state index contributed by atoms with van der Waals surface area (Å²) in [6.07, 6.45) is 1.61. The summed E-state index contributed by atoms with van der Waals surface area (Å²) in [6.45, 7) is 10.9. The minimum atomic E-state index is -0.188. The number of nitrogens with one attached hydrogen (secondary N) is 1. The highest BCUT2D eigenvalue weighted by molar-refractivity contribution is 5.06. The summed E-state index contributed by atoms with van der Waals surface area (Å²) in [7, 11) is 0. The molecule has 0 aromatic carbocycles. The van der Waals surface area contributed by atoms with E-state index in [0.717, 1.165) is 18.5 Å². The highest BCUT2D eigenvalue weighted by Gasteiger charge is 2.29. The molecule has 1 atom stereocenters. The lowest BCUT2D eigenvalue weighted by Crippen LogP contribution is -2.26. The standard InChI is InChI=1S/C14H24N2O2/c1-6-8-10-9-11(17)16-13(15-10)12(18-7-2)14(3,4)5/h9,12H,6-8H2,1-5H3,(H,15,16,17). The molecular formula is C14H24N2O2. The van der Waals surface area contributed by atoms with E-state index < -0.39 is 0 Å². The summed E-state index contributed by atoms with van der Waals surface area (Å²) >= 11 is 0. The average molecular weight is 252 g/mol. The van der Waals surface area contributed by atoms with Gasteiger partial charge in [-0.25, -0.2) is 4.98 Å². The van der Waals surface area contributed by atoms with Gasteiger partial charge >= 0.3 is 0 Å². The fourth-order valence-electron chi connectivity index (χ4n) is 1.94. The van der Waals surface area contributed by atoms with Crippen molar-refractivity contribution in [3.05, 3.63) is 27.9 Å². The molecular weight excluding hydrogens is 228 g/mol. The van der Waals surface area contributed by atoms with Gasteiger partial charge in [0.25, 0.3) is 5.56 Å². The lowest BCUT2D eigenvalue weighted by atomic mass is 9.88. The summed E-state index contributed by atoms with van der Waals surface area (Å²) in [4.78, 5) is 19.0. The van der Waals surface area contributed by atoms with Crippen molar-refractivity contribution in [2.24, 2.45) is 5.41 Å². The van der Waals surface area contributed by atoms with Crippen LogP contribution in [0.1, 0.15) is 58.7 Å². The van der Waals surface area contributed by atoms with Crippen molar-refractivity contribution in [1.29, 1.82) is 0 Å². The van der Waals surface area contributed by atoms with Gasteiger partial charge in [0, 0.05) is 18.4 Å². The Kier molecular flexibility index (Phi) is 5.08. The van der Waals surface area contributed by atoms with Gasteiger partial charge in [-0.15, -0.1) is 0 Å². The zero-order valence-corrected chi connectivity index (χ0v) is 12.0. The maximum Gasteiger partial charge on any atom is 0.251 e. The minimum Gasteiger partial charge on any atom is -0.370 e. The van der Waals surface area contributed by atoms with Crippen LogP contribution in [0, 0.1) is 5.41 Å². The molecule has 1 unspecified atom stereocenters. The topological polar surface area (TPSA) is 55.0 Å². The molecule has 1 heterocycles. The smallest absolute Gasteiger partial charge is 0.251 e. The van der Waals surface area contributed by atoms with Gasteiger partial charge in [-0.3, -0.25) is 4.79 Å². The maximum atomic E-state index is 11.7. The second-order valence-corrected chi connectivity index (χ2v) is 5.57. The van der Waals surface area contributed by atoms with Crippen molar-refractivity contribution in [3.8, 4) is 0 Å². The number of aromatic amines is 1. The van der Waals surface area contributed by atoms with Gasteiger partial charge < -0.3 is 9.72 Å². The number of hydrogen-bond donors (Lipinski definition) is 1. The molecule has 0 aliphatic rings. The van der Waals surface area contributed by atoms with E-state index in [1.165, 1.54) is 0 Å². The van der Waals surface area contributed by atoms with E-state index in [4.69, 9.17) is 4.74 Å². The third-order valence-electron chi connectivity index (χ3n) is 2.69. The van der Waals surface area contributed by atoms with Crippen LogP contribution in [0.2, 0.25) is 0 Å². The molecule has 102 valence electrons. The molecule has 0 fully saturated rings. The van der Waals surface area contributed by atoms with Gasteiger partial charge in [-0.05, 0) is 18.8 Å². The highest BCUT2D eigenvalue weighted by Crippen LogP contribution is 2.33. The van der Waals surface area contributed by atoms with Crippen LogP contribution >= 0.6 is 0 Å². The van der Waals surface area contributed by atoms with Crippen LogP contribution in [-0.2, 0) is 11.2 Å². The molecule has 1 aromatic rings. The first-order chi connectivity index (χ1) is 8.38. The molecule has 1 aromatic heterocycles. The highest BCUT2D eigenvalue weighted by atomic mass is 16.5. The van der Waals surface area contributed by atoms with Gasteiger partial charge in [0.05, 0.1) is 0 Å². The zero-order chi connectivity index (χ0) is 13.8. The largest absolute Gasteiger partial charge is 0.370 e. The molecule has 0 saturated carbocycles. The number of rotatable bonds is 5. The number of aromatic nitrogens is 2. The Labute approximate surface area is 109 Å². The fourth-order valence-corrected chi connectivity index (χ4v) is 1.94. The van der Waals surface area contributed by atoms with Crippen molar-refractivity contribution >= 4 is 0 Å². The molecule has 1 N–H and O–H groups in total. The van der Waals surface area contributed by atoms with E-state index >= 15 is 0 Å². The average Bonchev–Trinajstić information content (AvgIpc) is 2.23. The van der Waals surface area contributed by atoms with E-state index in [-0.39, 0.29) is 17.1 Å². The van der Waals surface area contributed by atoms with Crippen LogP contribution in [0.15, 0.2) is 10.9 Å². The first kappa shape index (κ1) is 14.9. The Morgan fingerprint density at radius 1 is 1.39 bits per heavy atom. The van der Waals surface area contributed by atoms with Crippen molar-refractivity contribution in [2.45, 2.75) is 53.6 Å². The number of hydrogen-bond acceptors (Lipinski definition) is 3. The van der Waals surface area contributed by atoms with Gasteiger partial charge in [0.2, 0.25) is 0 Å². The van der Waals surface area contributed by atoms with Crippen LogP contribution in [0.4, 0.5) is 0 Å². The number of aryl methyl sites for hydroxylation is 1. The molecule has 0 radical (unpaired) electrons. The molecule has 4 nitrogen and oxygen atoms in total. The molecule has 0 aliphatic heterocycles. The van der Waals surface area contributed by atoms with E-state index in [2.05, 4.69) is 37.7 Å². The molecule has 0 aliphatic carbocycles. The summed E-state index contributed by atoms with van der Waals surface area (Å²) in [5.74, 6) is 0.639. The Morgan fingerprint density at radius 3 is 2.56 bits per heavy atom. The monoisotopic (exact) mass is 252 g/mol. The summed E-state index contributed by atoms with van der Waals surface area (Å²) < 4.78 is 5.75. The first-order valence-electron chi connectivity index (χ1n) is 6.60. The second kappa shape index (κ2) is 6.14. The van der Waals surface area contributed by atoms with E-state index in [9.17, 15) is 4.79 Å². The normalized spacial score (nSPS) is 13.6. The van der Waals surface area contributed by atoms with Crippen molar-refractivity contribution < 1.29 is 4.74 Å². The molecule has 0 bridgehead atoms. The maximum absolute atomic E-state index is 11.7. The van der Waals surface area contributed by atoms with Crippen LogP contribution in [0.3, 0.4) is 0 Å². The Hall–Kier alpha value is -1.16. The molecule has 4 heteroatoms. The molecule has 0 saturated heterocycles. The van der Waals surface area contributed by atoms with Crippen LogP contribution in [0.25, 0.3) is 0 Å². The predicted octanol–water partition coefficient (Wildman–Crippen LogP) is 2.85. The van der Waals surface area contributed by atoms with Crippen LogP contribution < -0.4 is 5.56 Å². The third-order valence-corrected chi connectivity index (χ3v) is 2.69. The number of ether oxygens (including phenoxy) is 1. The van der Waals surface area contributed by atoms with Crippen molar-refractivity contribution in [2.75, 3.05) is 6.61 Å². The Bertz CT molecular complexity index is 432. The zero-order valence-electron chi connectivity index (χ0n) is 12.0. The quantitative estimate of drug-likeness (QED) is 0.876. The minimum absolute atomic E-state index is 0.0996. The Morgan fingerprint density at radius 2 is 2.06 bits per heavy atom. The third kappa shape index (κ3) is 3.95. The lowest BCUT2D eigenvalue weighted by Gasteiger charge is -2.29. The summed E-state index contributed by atoms with van der Waals surface area (Å²) in [5.41, 5.74) is 0.638. The summed E-state index contributed by atoms with van der Waals surface area (Å²) in [6, 6.07) is 1.57. The van der Waals surface area contributed by atoms with Crippen LogP contribution in [-0.4, -0.2) is 16.6 Å². The molecule has 18 heavy (non-hydrogen) atoms. The van der Waals surface area contributed by atoms with Crippen LogP contribution in [0.5, 0.6) is 0 Å². The van der Waals surface area contributed by atoms with Crippen molar-refractivity contribution in [1.82, 2.24) is 9.97 Å². The van der Waals surface area contributed by atoms with Crippen molar-refractivity contribution in [3.63, 3.8) is 0 Å². The van der Waals surface area contributed by atoms with Gasteiger partial charge in [0.15, 0.2) is 0 Å². The SMILES string of the molecule is CCCc1cc(=O)[nH]c(C(OCC)C(C)(C)C)n1. The van der Waals surface area contributed by atoms with E-state index in [0.29, 0.717) is 12.4 Å². The number of nitrogens with zero attached hydrogens (tertiary/aromatic N) is 1. The second-order valence-electron chi connectivity index (χ2n) is 5.57. The lowest BCUT2D eigenvalue weighted by molar-refractivity contribution is -0.0194. The predicted molar refractivity (Wildman–Crippen MR) is 72.7 cm³/mol. The first-order valence-corrected chi connectivity index (χ1v) is 6.60. The van der Waals surface area contributed by atoms with E-state index in [1.54, 1.807) is 6.07 Å². The van der Waals surface area contributed by atoms with Gasteiger partial charge in [0.1, 0.15) is 11.9 Å². The van der Waals surface area contributed by atoms with E-state index in [1.807, 2.05) is 6.92 Å². The Balaban J connectivity index is 3.15. The molecule has 0 amide bonds. The number of H-pyrrole nitrogens is 1. The summed E-state index contributed by atoms with van der Waals surface area (Å²) in [5, 5.41) is 0. The molecule has 1 rings (SSSR count). The fraction of sp³-hybridized carbons (Fsp3) is 0.714. The molecule has 0 spiro atoms. The van der Waals surface area contributed by atoms with Gasteiger partial charge in [-0.2, -0.15) is 0 Å².